The topological polar surface area (TPSA) is 32.7 Å². The molecule has 0 amide bonds. The number of methoxy groups -OCH3 is 1. The Morgan fingerprint density at radius 3 is 2.13 bits per heavy atom. The average Bonchev–Trinajstić information content (AvgIpc) is 2.82. The van der Waals surface area contributed by atoms with Crippen molar-refractivity contribution in [2.24, 2.45) is 5.92 Å². The van der Waals surface area contributed by atoms with Crippen LogP contribution in [-0.2, 0) is 18.7 Å². The van der Waals surface area contributed by atoms with Crippen LogP contribution in [0.3, 0.4) is 0 Å². The molecule has 1 fully saturated rings. The fourth-order valence-corrected chi connectivity index (χ4v) is 4.92. The quantitative estimate of drug-likeness (QED) is 0.506. The summed E-state index contributed by atoms with van der Waals surface area (Å²) >= 11 is 0. The Labute approximate surface area is 186 Å². The van der Waals surface area contributed by atoms with Gasteiger partial charge in [-0.05, 0) is 41.7 Å². The van der Waals surface area contributed by atoms with Gasteiger partial charge in [0.1, 0.15) is 5.75 Å². The van der Waals surface area contributed by atoms with Crippen LogP contribution < -0.4 is 4.74 Å². The normalized spacial score (nSPS) is 21.2. The summed E-state index contributed by atoms with van der Waals surface area (Å²) in [6.07, 6.45) is 4.06. The van der Waals surface area contributed by atoms with Crippen molar-refractivity contribution in [2.45, 2.75) is 44.4 Å². The van der Waals surface area contributed by atoms with E-state index < -0.39 is 5.60 Å². The molecule has 0 radical (unpaired) electrons. The van der Waals surface area contributed by atoms with Crippen molar-refractivity contribution in [1.82, 2.24) is 4.90 Å². The SMILES string of the molecule is COc1cccc([C@@]2(O)CCCC[C@H]2CN(Cc2ccccc2)Cc2ccccc2)c1. The lowest BCUT2D eigenvalue weighted by molar-refractivity contribution is -0.0674. The molecule has 1 saturated carbocycles. The highest BCUT2D eigenvalue weighted by molar-refractivity contribution is 5.33. The first-order valence-electron chi connectivity index (χ1n) is 11.3. The molecule has 0 aromatic heterocycles. The summed E-state index contributed by atoms with van der Waals surface area (Å²) in [6, 6.07) is 29.3. The number of hydrogen-bond acceptors (Lipinski definition) is 3. The van der Waals surface area contributed by atoms with Gasteiger partial charge in [-0.15, -0.1) is 0 Å². The number of benzene rings is 3. The first-order chi connectivity index (χ1) is 15.2. The average molecular weight is 416 g/mol. The molecule has 3 nitrogen and oxygen atoms in total. The van der Waals surface area contributed by atoms with E-state index >= 15 is 0 Å². The summed E-state index contributed by atoms with van der Waals surface area (Å²) in [7, 11) is 1.68. The minimum absolute atomic E-state index is 0.181. The Morgan fingerprint density at radius 2 is 1.52 bits per heavy atom. The van der Waals surface area contributed by atoms with E-state index in [2.05, 4.69) is 71.6 Å². The molecule has 31 heavy (non-hydrogen) atoms. The minimum atomic E-state index is -0.821. The lowest BCUT2D eigenvalue weighted by Crippen LogP contribution is -2.44. The van der Waals surface area contributed by atoms with Crippen molar-refractivity contribution in [1.29, 1.82) is 0 Å². The van der Waals surface area contributed by atoms with Gasteiger partial charge in [-0.2, -0.15) is 0 Å². The Morgan fingerprint density at radius 1 is 0.871 bits per heavy atom. The summed E-state index contributed by atoms with van der Waals surface area (Å²) in [5.41, 5.74) is 2.77. The van der Waals surface area contributed by atoms with Gasteiger partial charge in [0.15, 0.2) is 0 Å². The number of rotatable bonds is 8. The Hall–Kier alpha value is -2.62. The highest BCUT2D eigenvalue weighted by atomic mass is 16.5. The predicted octanol–water partition coefficient (Wildman–Crippen LogP) is 5.78. The summed E-state index contributed by atoms with van der Waals surface area (Å²) in [5, 5.41) is 11.9. The van der Waals surface area contributed by atoms with Crippen molar-refractivity contribution in [2.75, 3.05) is 13.7 Å². The van der Waals surface area contributed by atoms with E-state index in [1.54, 1.807) is 7.11 Å². The van der Waals surface area contributed by atoms with Crippen molar-refractivity contribution in [3.8, 4) is 5.75 Å². The summed E-state index contributed by atoms with van der Waals surface area (Å²) in [5.74, 6) is 0.987. The molecule has 0 unspecified atom stereocenters. The number of hydrogen-bond donors (Lipinski definition) is 1. The van der Waals surface area contributed by atoms with Crippen molar-refractivity contribution in [3.05, 3.63) is 102 Å². The van der Waals surface area contributed by atoms with E-state index in [4.69, 9.17) is 4.74 Å². The van der Waals surface area contributed by atoms with Gasteiger partial charge < -0.3 is 9.84 Å². The molecule has 0 heterocycles. The van der Waals surface area contributed by atoms with E-state index in [1.807, 2.05) is 18.2 Å². The number of nitrogens with zero attached hydrogens (tertiary/aromatic N) is 1. The summed E-state index contributed by atoms with van der Waals surface area (Å²) in [6.45, 7) is 2.61. The third-order valence-corrected chi connectivity index (χ3v) is 6.58. The van der Waals surface area contributed by atoms with E-state index in [0.29, 0.717) is 0 Å². The zero-order chi connectivity index (χ0) is 21.5. The van der Waals surface area contributed by atoms with Crippen LogP contribution in [0, 0.1) is 5.92 Å². The van der Waals surface area contributed by atoms with Crippen LogP contribution in [0.15, 0.2) is 84.9 Å². The van der Waals surface area contributed by atoms with Crippen molar-refractivity contribution in [3.63, 3.8) is 0 Å². The largest absolute Gasteiger partial charge is 0.497 e. The zero-order valence-electron chi connectivity index (χ0n) is 18.4. The molecule has 162 valence electrons. The molecular formula is C28H33NO2. The smallest absolute Gasteiger partial charge is 0.119 e. The second kappa shape index (κ2) is 10.1. The van der Waals surface area contributed by atoms with E-state index in [1.165, 1.54) is 17.5 Å². The Bertz CT molecular complexity index is 902. The zero-order valence-corrected chi connectivity index (χ0v) is 18.4. The molecule has 3 aromatic rings. The molecule has 1 aliphatic carbocycles. The fourth-order valence-electron chi connectivity index (χ4n) is 4.92. The molecule has 0 saturated heterocycles. The number of aliphatic hydroxyl groups is 1. The van der Waals surface area contributed by atoms with Crippen LogP contribution in [-0.4, -0.2) is 23.7 Å². The van der Waals surface area contributed by atoms with Gasteiger partial charge in [-0.25, -0.2) is 0 Å². The Kier molecular flexibility index (Phi) is 7.06. The van der Waals surface area contributed by atoms with Gasteiger partial charge in [0.2, 0.25) is 0 Å². The van der Waals surface area contributed by atoms with Gasteiger partial charge in [0, 0.05) is 25.6 Å². The highest BCUT2D eigenvalue weighted by Crippen LogP contribution is 2.43. The minimum Gasteiger partial charge on any atom is -0.497 e. The fraction of sp³-hybridized carbons (Fsp3) is 0.357. The van der Waals surface area contributed by atoms with Crippen LogP contribution >= 0.6 is 0 Å². The predicted molar refractivity (Wildman–Crippen MR) is 126 cm³/mol. The third-order valence-electron chi connectivity index (χ3n) is 6.58. The molecule has 3 aromatic carbocycles. The molecule has 0 bridgehead atoms. The first kappa shape index (κ1) is 21.6. The highest BCUT2D eigenvalue weighted by Gasteiger charge is 2.41. The van der Waals surface area contributed by atoms with Crippen LogP contribution in [0.1, 0.15) is 42.4 Å². The maximum absolute atomic E-state index is 11.9. The second-order valence-corrected chi connectivity index (χ2v) is 8.74. The van der Waals surface area contributed by atoms with E-state index in [-0.39, 0.29) is 5.92 Å². The Balaban J connectivity index is 1.59. The van der Waals surface area contributed by atoms with Gasteiger partial charge in [0.05, 0.1) is 12.7 Å². The van der Waals surface area contributed by atoms with Gasteiger partial charge in [-0.1, -0.05) is 85.6 Å². The second-order valence-electron chi connectivity index (χ2n) is 8.74. The van der Waals surface area contributed by atoms with E-state index in [9.17, 15) is 5.11 Å². The molecule has 3 heteroatoms. The first-order valence-corrected chi connectivity index (χ1v) is 11.3. The molecule has 4 rings (SSSR count). The van der Waals surface area contributed by atoms with Crippen molar-refractivity contribution < 1.29 is 9.84 Å². The van der Waals surface area contributed by atoms with Gasteiger partial charge >= 0.3 is 0 Å². The standard InChI is InChI=1S/C28H33NO2/c1-31-27-17-10-16-25(19-27)28(30)18-9-8-15-26(28)22-29(20-23-11-4-2-5-12-23)21-24-13-6-3-7-14-24/h2-7,10-14,16-17,19,26,30H,8-9,15,18,20-22H2,1H3/t26-,28-/m0/s1. The molecule has 1 N–H and O–H groups in total. The third kappa shape index (κ3) is 5.36. The lowest BCUT2D eigenvalue weighted by atomic mass is 9.71. The molecular weight excluding hydrogens is 382 g/mol. The van der Waals surface area contributed by atoms with Gasteiger partial charge in [0.25, 0.3) is 0 Å². The molecule has 0 aliphatic heterocycles. The van der Waals surface area contributed by atoms with Crippen LogP contribution in [0.2, 0.25) is 0 Å². The van der Waals surface area contributed by atoms with E-state index in [0.717, 1.165) is 50.2 Å². The summed E-state index contributed by atoms with van der Waals surface area (Å²) < 4.78 is 5.44. The monoisotopic (exact) mass is 415 g/mol. The maximum atomic E-state index is 11.9. The van der Waals surface area contributed by atoms with Gasteiger partial charge in [-0.3, -0.25) is 4.90 Å². The van der Waals surface area contributed by atoms with Crippen LogP contribution in [0.4, 0.5) is 0 Å². The summed E-state index contributed by atoms with van der Waals surface area (Å²) in [4.78, 5) is 2.49. The maximum Gasteiger partial charge on any atom is 0.119 e. The lowest BCUT2D eigenvalue weighted by Gasteiger charge is -2.43. The number of ether oxygens (including phenoxy) is 1. The molecule has 2 atom stereocenters. The van der Waals surface area contributed by atoms with Crippen molar-refractivity contribution >= 4 is 0 Å². The van der Waals surface area contributed by atoms with Crippen LogP contribution in [0.5, 0.6) is 5.75 Å². The molecule has 1 aliphatic rings. The molecule has 0 spiro atoms. The van der Waals surface area contributed by atoms with Crippen LogP contribution in [0.25, 0.3) is 0 Å².